The van der Waals surface area contributed by atoms with Crippen molar-refractivity contribution >= 4 is 52.4 Å². The maximum absolute atomic E-state index is 12.2. The van der Waals surface area contributed by atoms with Crippen LogP contribution < -0.4 is 16.2 Å². The van der Waals surface area contributed by atoms with Crippen LogP contribution in [0.5, 0.6) is 0 Å². The Kier molecular flexibility index (Phi) is 7.89. The first-order valence-electron chi connectivity index (χ1n) is 8.88. The summed E-state index contributed by atoms with van der Waals surface area (Å²) in [5.41, 5.74) is 6.58. The summed E-state index contributed by atoms with van der Waals surface area (Å²) in [5.74, 6) is -0.554. The highest BCUT2D eigenvalue weighted by Crippen LogP contribution is 2.24. The van der Waals surface area contributed by atoms with E-state index in [1.807, 2.05) is 36.4 Å². The van der Waals surface area contributed by atoms with Crippen molar-refractivity contribution in [2.24, 2.45) is 0 Å². The topological polar surface area (TPSA) is 87.3 Å². The molecule has 6 nitrogen and oxygen atoms in total. The molecule has 3 aromatic rings. The van der Waals surface area contributed by atoms with Gasteiger partial charge in [-0.2, -0.15) is 11.3 Å². The fourth-order valence-corrected chi connectivity index (χ4v) is 3.97. The molecule has 0 spiro atoms. The van der Waals surface area contributed by atoms with Crippen LogP contribution in [0.25, 0.3) is 0 Å². The van der Waals surface area contributed by atoms with Crippen molar-refractivity contribution in [3.8, 4) is 0 Å². The van der Waals surface area contributed by atoms with Gasteiger partial charge in [0.25, 0.3) is 17.7 Å². The molecule has 3 amide bonds. The molecule has 0 radical (unpaired) electrons. The third-order valence-corrected chi connectivity index (χ3v) is 5.96. The van der Waals surface area contributed by atoms with E-state index in [0.717, 1.165) is 16.2 Å². The second-order valence-corrected chi connectivity index (χ2v) is 8.40. The Morgan fingerprint density at radius 1 is 0.867 bits per heavy atom. The van der Waals surface area contributed by atoms with Crippen molar-refractivity contribution in [3.63, 3.8) is 0 Å². The van der Waals surface area contributed by atoms with Gasteiger partial charge < -0.3 is 5.32 Å². The summed E-state index contributed by atoms with van der Waals surface area (Å²) in [4.78, 5) is 36.9. The molecule has 3 rings (SSSR count). The summed E-state index contributed by atoms with van der Waals surface area (Å²) in [6.45, 7) is -0.240. The number of carbonyl (C=O) groups excluding carboxylic acids is 3. The van der Waals surface area contributed by atoms with Crippen molar-refractivity contribution in [3.05, 3.63) is 87.1 Å². The van der Waals surface area contributed by atoms with Crippen LogP contribution in [-0.2, 0) is 10.5 Å². The lowest BCUT2D eigenvalue weighted by molar-refractivity contribution is -0.120. The predicted octanol–water partition coefficient (Wildman–Crippen LogP) is 3.88. The summed E-state index contributed by atoms with van der Waals surface area (Å²) in [5, 5.41) is 6.64. The van der Waals surface area contributed by atoms with Crippen molar-refractivity contribution in [1.82, 2.24) is 16.2 Å². The Hall–Kier alpha value is -2.81. The zero-order valence-electron chi connectivity index (χ0n) is 15.7. The number of rotatable bonds is 7. The molecule has 3 N–H and O–H groups in total. The number of hydrazine groups is 1. The third kappa shape index (κ3) is 6.62. The molecule has 30 heavy (non-hydrogen) atoms. The molecule has 1 heterocycles. The Morgan fingerprint density at radius 2 is 1.60 bits per heavy atom. The van der Waals surface area contributed by atoms with Crippen molar-refractivity contribution < 1.29 is 14.4 Å². The fraction of sp³-hybridized carbons (Fsp3) is 0.0952. The number of thioether (sulfide) groups is 1. The van der Waals surface area contributed by atoms with Crippen LogP contribution in [0.4, 0.5) is 0 Å². The van der Waals surface area contributed by atoms with Crippen molar-refractivity contribution in [1.29, 1.82) is 0 Å². The van der Waals surface area contributed by atoms with Crippen LogP contribution in [0.15, 0.2) is 70.3 Å². The molecule has 0 fully saturated rings. The highest BCUT2D eigenvalue weighted by atomic mass is 35.5. The quantitative estimate of drug-likeness (QED) is 0.369. The fourth-order valence-electron chi connectivity index (χ4n) is 2.35. The second kappa shape index (κ2) is 10.8. The number of benzene rings is 2. The Morgan fingerprint density at radius 3 is 2.27 bits per heavy atom. The molecule has 9 heteroatoms. The maximum atomic E-state index is 12.2. The lowest BCUT2D eigenvalue weighted by atomic mass is 10.1. The second-order valence-electron chi connectivity index (χ2n) is 6.14. The summed E-state index contributed by atoms with van der Waals surface area (Å²) in [6, 6.07) is 16.4. The average Bonchev–Trinajstić information content (AvgIpc) is 3.31. The largest absolute Gasteiger partial charge is 0.343 e. The number of halogens is 1. The van der Waals surface area contributed by atoms with Crippen molar-refractivity contribution in [2.75, 3.05) is 6.54 Å². The molecule has 0 bridgehead atoms. The minimum atomic E-state index is -0.525. The summed E-state index contributed by atoms with van der Waals surface area (Å²) >= 11 is 8.94. The predicted molar refractivity (Wildman–Crippen MR) is 120 cm³/mol. The molecule has 2 aromatic carbocycles. The van der Waals surface area contributed by atoms with E-state index in [1.165, 1.54) is 11.3 Å². The molecule has 154 valence electrons. The van der Waals surface area contributed by atoms with Crippen LogP contribution >= 0.6 is 34.7 Å². The number of amides is 3. The van der Waals surface area contributed by atoms with Gasteiger partial charge in [-0.3, -0.25) is 25.2 Å². The zero-order chi connectivity index (χ0) is 21.3. The molecular formula is C21H18ClN3O3S2. The molecule has 1 aromatic heterocycles. The van der Waals surface area contributed by atoms with Gasteiger partial charge in [-0.1, -0.05) is 23.7 Å². The highest BCUT2D eigenvalue weighted by Gasteiger charge is 2.10. The monoisotopic (exact) mass is 459 g/mol. The molecule has 0 atom stereocenters. The maximum Gasteiger partial charge on any atom is 0.269 e. The van der Waals surface area contributed by atoms with Gasteiger partial charge in [0.05, 0.1) is 6.54 Å². The molecule has 0 saturated carbocycles. The van der Waals surface area contributed by atoms with E-state index >= 15 is 0 Å². The van der Waals surface area contributed by atoms with Gasteiger partial charge in [0.2, 0.25) is 0 Å². The lowest BCUT2D eigenvalue weighted by Crippen LogP contribution is -2.46. The first kappa shape index (κ1) is 21.9. The van der Waals surface area contributed by atoms with Gasteiger partial charge >= 0.3 is 0 Å². The standard InChI is InChI=1S/C21H18ClN3O3S2/c22-17-5-7-18(8-6-17)30-12-14-1-3-15(4-2-14)21(28)25-24-19(26)11-23-20(27)16-9-10-29-13-16/h1-10,13H,11-12H2,(H,23,27)(H,24,26)(H,25,28). The van der Waals surface area contributed by atoms with Gasteiger partial charge in [-0.15, -0.1) is 11.8 Å². The Balaban J connectivity index is 1.41. The zero-order valence-corrected chi connectivity index (χ0v) is 18.1. The number of hydrogen-bond acceptors (Lipinski definition) is 5. The number of thiophene rings is 1. The van der Waals surface area contributed by atoms with Gasteiger partial charge in [0.1, 0.15) is 0 Å². The van der Waals surface area contributed by atoms with E-state index in [4.69, 9.17) is 11.6 Å². The van der Waals surface area contributed by atoms with Gasteiger partial charge in [0, 0.05) is 32.2 Å². The van der Waals surface area contributed by atoms with E-state index in [0.29, 0.717) is 16.1 Å². The van der Waals surface area contributed by atoms with E-state index < -0.39 is 11.8 Å². The van der Waals surface area contributed by atoms with Gasteiger partial charge in [0.15, 0.2) is 0 Å². The van der Waals surface area contributed by atoms with Crippen LogP contribution in [0.1, 0.15) is 26.3 Å². The van der Waals surface area contributed by atoms with E-state index in [9.17, 15) is 14.4 Å². The van der Waals surface area contributed by atoms with Gasteiger partial charge in [-0.05, 0) is 53.4 Å². The Bertz CT molecular complexity index is 1010. The van der Waals surface area contributed by atoms with Gasteiger partial charge in [-0.25, -0.2) is 0 Å². The molecule has 0 saturated heterocycles. The molecule has 0 aliphatic carbocycles. The lowest BCUT2D eigenvalue weighted by Gasteiger charge is -2.09. The van der Waals surface area contributed by atoms with Crippen LogP contribution in [-0.4, -0.2) is 24.3 Å². The Labute approximate surface area is 187 Å². The first-order chi connectivity index (χ1) is 14.5. The first-order valence-corrected chi connectivity index (χ1v) is 11.2. The molecule has 0 aliphatic rings. The minimum Gasteiger partial charge on any atom is -0.343 e. The highest BCUT2D eigenvalue weighted by molar-refractivity contribution is 7.98. The number of nitrogens with one attached hydrogen (secondary N) is 3. The number of carbonyl (C=O) groups is 3. The normalized spacial score (nSPS) is 10.3. The molecular weight excluding hydrogens is 442 g/mol. The summed E-state index contributed by atoms with van der Waals surface area (Å²) < 4.78 is 0. The molecule has 0 unspecified atom stereocenters. The number of hydrogen-bond donors (Lipinski definition) is 3. The van der Waals surface area contributed by atoms with Crippen LogP contribution in [0, 0.1) is 0 Å². The van der Waals surface area contributed by atoms with E-state index in [1.54, 1.807) is 40.7 Å². The summed E-state index contributed by atoms with van der Waals surface area (Å²) in [6.07, 6.45) is 0. The van der Waals surface area contributed by atoms with Crippen LogP contribution in [0.2, 0.25) is 5.02 Å². The van der Waals surface area contributed by atoms with E-state index in [2.05, 4.69) is 16.2 Å². The SMILES string of the molecule is O=C(CNC(=O)c1ccsc1)NNC(=O)c1ccc(CSc2ccc(Cl)cc2)cc1. The minimum absolute atomic E-state index is 0.240. The summed E-state index contributed by atoms with van der Waals surface area (Å²) in [7, 11) is 0. The molecule has 0 aliphatic heterocycles. The van der Waals surface area contributed by atoms with Crippen LogP contribution in [0.3, 0.4) is 0 Å². The average molecular weight is 460 g/mol. The van der Waals surface area contributed by atoms with E-state index in [-0.39, 0.29) is 12.5 Å². The smallest absolute Gasteiger partial charge is 0.269 e. The third-order valence-electron chi connectivity index (χ3n) is 3.94. The van der Waals surface area contributed by atoms with Crippen molar-refractivity contribution in [2.45, 2.75) is 10.6 Å².